The second kappa shape index (κ2) is 9.71. The third kappa shape index (κ3) is 5.85. The topological polar surface area (TPSA) is 70.1 Å². The van der Waals surface area contributed by atoms with Crippen LogP contribution in [-0.2, 0) is 9.59 Å². The summed E-state index contributed by atoms with van der Waals surface area (Å²) in [6, 6.07) is 6.48. The Kier molecular flexibility index (Phi) is 8.31. The van der Waals surface area contributed by atoms with Crippen LogP contribution in [0.4, 0.5) is 0 Å². The molecule has 0 aliphatic carbocycles. The number of carboxylic acid groups (broad SMARTS) is 1. The zero-order chi connectivity index (χ0) is 16.8. The molecule has 1 saturated heterocycles. The highest BCUT2D eigenvalue weighted by molar-refractivity contribution is 6.30. The molecule has 0 aromatic heterocycles. The molecular formula is C16H22Cl2N2O4. The van der Waals surface area contributed by atoms with E-state index in [1.807, 2.05) is 0 Å². The molecule has 0 radical (unpaired) electrons. The van der Waals surface area contributed by atoms with Gasteiger partial charge in [0.1, 0.15) is 18.4 Å². The fraction of sp³-hybridized carbons (Fsp3) is 0.500. The molecule has 1 fully saturated rings. The minimum Gasteiger partial charge on any atom is -0.492 e. The van der Waals surface area contributed by atoms with E-state index in [9.17, 15) is 9.59 Å². The lowest BCUT2D eigenvalue weighted by atomic mass is 10.2. The molecule has 0 bridgehead atoms. The van der Waals surface area contributed by atoms with Crippen LogP contribution in [-0.4, -0.2) is 66.1 Å². The van der Waals surface area contributed by atoms with Gasteiger partial charge in [-0.3, -0.25) is 14.5 Å². The lowest BCUT2D eigenvalue weighted by molar-refractivity contribution is -0.143. The van der Waals surface area contributed by atoms with Gasteiger partial charge in [0.15, 0.2) is 0 Å². The smallest absolute Gasteiger partial charge is 0.320 e. The van der Waals surface area contributed by atoms with Crippen LogP contribution in [0.3, 0.4) is 0 Å². The van der Waals surface area contributed by atoms with Crippen LogP contribution in [0.5, 0.6) is 5.75 Å². The van der Waals surface area contributed by atoms with Gasteiger partial charge in [-0.2, -0.15) is 0 Å². The molecule has 1 heterocycles. The van der Waals surface area contributed by atoms with Crippen LogP contribution in [0, 0.1) is 0 Å². The molecule has 1 aromatic carbocycles. The Labute approximate surface area is 152 Å². The van der Waals surface area contributed by atoms with Gasteiger partial charge < -0.3 is 14.7 Å². The third-order valence-electron chi connectivity index (χ3n) is 3.92. The Balaban J connectivity index is 0.00000288. The summed E-state index contributed by atoms with van der Waals surface area (Å²) < 4.78 is 5.55. The summed E-state index contributed by atoms with van der Waals surface area (Å²) in [6.45, 7) is 1.59. The number of aliphatic carboxylic acids is 1. The Hall–Kier alpha value is -1.50. The molecule has 24 heavy (non-hydrogen) atoms. The number of ether oxygens (including phenoxy) is 1. The maximum absolute atomic E-state index is 12.2. The lowest BCUT2D eigenvalue weighted by Gasteiger charge is -2.24. The SMILES string of the molecule is CN(CCOc1ccc(Cl)cc1)C(=O)CN1CCCC1C(=O)O.Cl. The number of halogens is 2. The summed E-state index contributed by atoms with van der Waals surface area (Å²) in [5, 5.41) is 9.77. The highest BCUT2D eigenvalue weighted by Gasteiger charge is 2.32. The normalized spacial score (nSPS) is 17.2. The Bertz CT molecular complexity index is 554. The summed E-state index contributed by atoms with van der Waals surface area (Å²) in [4.78, 5) is 26.6. The first-order valence-electron chi connectivity index (χ1n) is 7.56. The molecule has 1 atom stereocenters. The number of carbonyl (C=O) groups excluding carboxylic acids is 1. The van der Waals surface area contributed by atoms with E-state index in [4.69, 9.17) is 21.4 Å². The average molecular weight is 377 g/mol. The highest BCUT2D eigenvalue weighted by atomic mass is 35.5. The maximum atomic E-state index is 12.2. The molecule has 1 unspecified atom stereocenters. The van der Waals surface area contributed by atoms with Gasteiger partial charge in [-0.05, 0) is 43.7 Å². The van der Waals surface area contributed by atoms with Crippen molar-refractivity contribution in [3.63, 3.8) is 0 Å². The largest absolute Gasteiger partial charge is 0.492 e. The monoisotopic (exact) mass is 376 g/mol. The zero-order valence-electron chi connectivity index (χ0n) is 13.5. The molecule has 0 spiro atoms. The number of rotatable bonds is 7. The van der Waals surface area contributed by atoms with Crippen molar-refractivity contribution in [3.8, 4) is 5.75 Å². The quantitative estimate of drug-likeness (QED) is 0.789. The Morgan fingerprint density at radius 3 is 2.67 bits per heavy atom. The van der Waals surface area contributed by atoms with Crippen LogP contribution in [0.25, 0.3) is 0 Å². The van der Waals surface area contributed by atoms with Gasteiger partial charge >= 0.3 is 5.97 Å². The van der Waals surface area contributed by atoms with E-state index < -0.39 is 12.0 Å². The first-order valence-corrected chi connectivity index (χ1v) is 7.94. The summed E-state index contributed by atoms with van der Waals surface area (Å²) >= 11 is 5.80. The number of benzene rings is 1. The zero-order valence-corrected chi connectivity index (χ0v) is 15.1. The van der Waals surface area contributed by atoms with E-state index >= 15 is 0 Å². The van der Waals surface area contributed by atoms with Crippen molar-refractivity contribution in [2.75, 3.05) is 33.3 Å². The van der Waals surface area contributed by atoms with Crippen molar-refractivity contribution in [1.82, 2.24) is 9.80 Å². The summed E-state index contributed by atoms with van der Waals surface area (Å²) in [7, 11) is 1.69. The second-order valence-electron chi connectivity index (χ2n) is 5.58. The van der Waals surface area contributed by atoms with E-state index in [1.165, 1.54) is 0 Å². The van der Waals surface area contributed by atoms with Gasteiger partial charge in [-0.1, -0.05) is 11.6 Å². The first-order chi connectivity index (χ1) is 11.0. The third-order valence-corrected chi connectivity index (χ3v) is 4.17. The van der Waals surface area contributed by atoms with Crippen molar-refractivity contribution in [2.24, 2.45) is 0 Å². The van der Waals surface area contributed by atoms with Crippen LogP contribution in [0.2, 0.25) is 5.02 Å². The molecule has 1 aliphatic heterocycles. The number of carbonyl (C=O) groups is 2. The number of amides is 1. The van der Waals surface area contributed by atoms with Crippen molar-refractivity contribution < 1.29 is 19.4 Å². The van der Waals surface area contributed by atoms with Gasteiger partial charge in [-0.25, -0.2) is 0 Å². The fourth-order valence-corrected chi connectivity index (χ4v) is 2.67. The van der Waals surface area contributed by atoms with Gasteiger partial charge in [0.2, 0.25) is 5.91 Å². The van der Waals surface area contributed by atoms with Crippen LogP contribution in [0.15, 0.2) is 24.3 Å². The molecule has 2 rings (SSSR count). The maximum Gasteiger partial charge on any atom is 0.320 e. The lowest BCUT2D eigenvalue weighted by Crippen LogP contribution is -2.44. The van der Waals surface area contributed by atoms with Crippen molar-refractivity contribution in [3.05, 3.63) is 29.3 Å². The molecule has 1 aliphatic rings. The Morgan fingerprint density at radius 1 is 1.38 bits per heavy atom. The predicted octanol–water partition coefficient (Wildman–Crippen LogP) is 2.15. The number of hydrogen-bond acceptors (Lipinski definition) is 4. The molecule has 0 saturated carbocycles. The van der Waals surface area contributed by atoms with Gasteiger partial charge in [0, 0.05) is 12.1 Å². The van der Waals surface area contributed by atoms with E-state index in [2.05, 4.69) is 0 Å². The summed E-state index contributed by atoms with van der Waals surface area (Å²) in [6.07, 6.45) is 1.42. The molecule has 134 valence electrons. The van der Waals surface area contributed by atoms with Gasteiger partial charge in [0.25, 0.3) is 0 Å². The molecular weight excluding hydrogens is 355 g/mol. The van der Waals surface area contributed by atoms with Crippen LogP contribution < -0.4 is 4.74 Å². The van der Waals surface area contributed by atoms with E-state index in [-0.39, 0.29) is 24.9 Å². The Morgan fingerprint density at radius 2 is 2.04 bits per heavy atom. The van der Waals surface area contributed by atoms with Gasteiger partial charge in [0.05, 0.1) is 13.1 Å². The van der Waals surface area contributed by atoms with Crippen molar-refractivity contribution >= 4 is 35.9 Å². The van der Waals surface area contributed by atoms with Crippen LogP contribution >= 0.6 is 24.0 Å². The number of hydrogen-bond donors (Lipinski definition) is 1. The minimum absolute atomic E-state index is 0. The number of carboxylic acids is 1. The minimum atomic E-state index is -0.857. The predicted molar refractivity (Wildman–Crippen MR) is 94.1 cm³/mol. The van der Waals surface area contributed by atoms with Crippen molar-refractivity contribution in [1.29, 1.82) is 0 Å². The van der Waals surface area contributed by atoms with Crippen molar-refractivity contribution in [2.45, 2.75) is 18.9 Å². The number of nitrogens with zero attached hydrogens (tertiary/aromatic N) is 2. The summed E-state index contributed by atoms with van der Waals surface area (Å²) in [5.74, 6) is -0.261. The van der Waals surface area contributed by atoms with Crippen LogP contribution in [0.1, 0.15) is 12.8 Å². The number of likely N-dealkylation sites (N-methyl/N-ethyl adjacent to an activating group) is 1. The van der Waals surface area contributed by atoms with E-state index in [0.717, 1.165) is 6.42 Å². The second-order valence-corrected chi connectivity index (χ2v) is 6.02. The van der Waals surface area contributed by atoms with E-state index in [1.54, 1.807) is 41.1 Å². The molecule has 8 heteroatoms. The standard InChI is InChI=1S/C16H21ClN2O4.ClH/c1-18(9-10-23-13-6-4-12(17)5-7-13)15(20)11-19-8-2-3-14(19)16(21)22;/h4-7,14H,2-3,8-11H2,1H3,(H,21,22);1H. The number of likely N-dealkylation sites (tertiary alicyclic amines) is 1. The van der Waals surface area contributed by atoms with E-state index in [0.29, 0.717) is 36.9 Å². The molecule has 1 amide bonds. The fourth-order valence-electron chi connectivity index (χ4n) is 2.55. The molecule has 1 aromatic rings. The highest BCUT2D eigenvalue weighted by Crippen LogP contribution is 2.17. The average Bonchev–Trinajstić information content (AvgIpc) is 2.97. The molecule has 1 N–H and O–H groups in total. The molecule has 6 nitrogen and oxygen atoms in total. The summed E-state index contributed by atoms with van der Waals surface area (Å²) in [5.41, 5.74) is 0. The first kappa shape index (κ1) is 20.5. The van der Waals surface area contributed by atoms with Gasteiger partial charge in [-0.15, -0.1) is 12.4 Å².